The topological polar surface area (TPSA) is 25.8 Å². The first-order valence-corrected chi connectivity index (χ1v) is 15.3. The summed E-state index contributed by atoms with van der Waals surface area (Å²) in [5, 5.41) is 7.37. The van der Waals surface area contributed by atoms with Crippen LogP contribution >= 0.6 is 0 Å². The van der Waals surface area contributed by atoms with Crippen molar-refractivity contribution in [2.24, 2.45) is 0 Å². The molecule has 0 unspecified atom stereocenters. The van der Waals surface area contributed by atoms with Crippen LogP contribution in [-0.4, -0.2) is 9.97 Å². The van der Waals surface area contributed by atoms with Gasteiger partial charge < -0.3 is 0 Å². The van der Waals surface area contributed by atoms with Crippen molar-refractivity contribution in [2.75, 3.05) is 0 Å². The Bertz CT molecular complexity index is 2430. The number of fused-ring (bicyclic) bond motifs is 5. The van der Waals surface area contributed by atoms with Gasteiger partial charge in [-0.25, -0.2) is 4.98 Å². The largest absolute Gasteiger partial charge is 0.254 e. The van der Waals surface area contributed by atoms with Crippen LogP contribution in [0.5, 0.6) is 0 Å². The number of aromatic nitrogens is 2. The minimum atomic E-state index is 0.971. The van der Waals surface area contributed by atoms with Crippen LogP contribution in [0.3, 0.4) is 0 Å². The lowest BCUT2D eigenvalue weighted by Gasteiger charge is -2.16. The summed E-state index contributed by atoms with van der Waals surface area (Å²) in [6.07, 6.45) is 1.97. The molecule has 0 aliphatic rings. The summed E-state index contributed by atoms with van der Waals surface area (Å²) in [5.74, 6) is 0. The van der Waals surface area contributed by atoms with Crippen molar-refractivity contribution >= 4 is 43.4 Å². The van der Waals surface area contributed by atoms with Crippen molar-refractivity contribution < 1.29 is 0 Å². The average molecular weight is 565 g/mol. The Balaban J connectivity index is 1.31. The summed E-state index contributed by atoms with van der Waals surface area (Å²) < 4.78 is 0. The maximum Gasteiger partial charge on any atom is 0.0975 e. The van der Waals surface area contributed by atoms with Crippen LogP contribution in [0.2, 0.25) is 0 Å². The molecule has 0 saturated carbocycles. The molecule has 0 amide bonds. The smallest absolute Gasteiger partial charge is 0.0975 e. The van der Waals surface area contributed by atoms with Crippen LogP contribution in [0.15, 0.2) is 121 Å². The first-order chi connectivity index (χ1) is 21.5. The highest BCUT2D eigenvalue weighted by Crippen LogP contribution is 2.39. The van der Waals surface area contributed by atoms with Gasteiger partial charge in [0, 0.05) is 22.5 Å². The molecule has 2 aromatic heterocycles. The quantitative estimate of drug-likeness (QED) is 0.199. The third-order valence-corrected chi connectivity index (χ3v) is 9.53. The molecule has 0 bridgehead atoms. The molecule has 0 radical (unpaired) electrons. The number of hydrogen-bond acceptors (Lipinski definition) is 2. The van der Waals surface area contributed by atoms with E-state index >= 15 is 0 Å². The van der Waals surface area contributed by atoms with E-state index in [9.17, 15) is 0 Å². The highest BCUT2D eigenvalue weighted by atomic mass is 14.8. The molecule has 2 heteroatoms. The van der Waals surface area contributed by atoms with Crippen LogP contribution in [-0.2, 0) is 0 Å². The van der Waals surface area contributed by atoms with E-state index in [2.05, 4.69) is 143 Å². The summed E-state index contributed by atoms with van der Waals surface area (Å²) in [6.45, 7) is 8.69. The third-order valence-electron chi connectivity index (χ3n) is 9.53. The first-order valence-electron chi connectivity index (χ1n) is 15.3. The van der Waals surface area contributed by atoms with E-state index in [4.69, 9.17) is 9.97 Å². The average Bonchev–Trinajstić information content (AvgIpc) is 3.07. The molecule has 6 aromatic carbocycles. The molecule has 2 heterocycles. The zero-order valence-electron chi connectivity index (χ0n) is 25.4. The summed E-state index contributed by atoms with van der Waals surface area (Å²) >= 11 is 0. The van der Waals surface area contributed by atoms with Crippen molar-refractivity contribution in [3.8, 4) is 33.5 Å². The number of aryl methyl sites for hydroxylation is 3. The predicted octanol–water partition coefficient (Wildman–Crippen LogP) is 11.3. The molecule has 0 atom stereocenters. The molecule has 0 fully saturated rings. The maximum absolute atomic E-state index is 5.32. The van der Waals surface area contributed by atoms with Crippen molar-refractivity contribution in [1.29, 1.82) is 0 Å². The highest BCUT2D eigenvalue weighted by molar-refractivity contribution is 6.10. The summed E-state index contributed by atoms with van der Waals surface area (Å²) in [5.41, 5.74) is 13.9. The molecule has 0 N–H and O–H groups in total. The van der Waals surface area contributed by atoms with E-state index < -0.39 is 0 Å². The predicted molar refractivity (Wildman–Crippen MR) is 187 cm³/mol. The lowest BCUT2D eigenvalue weighted by molar-refractivity contribution is 1.25. The van der Waals surface area contributed by atoms with Crippen molar-refractivity contribution in [3.05, 3.63) is 144 Å². The molecule has 0 aliphatic heterocycles. The minimum absolute atomic E-state index is 0.971. The third kappa shape index (κ3) is 4.02. The number of benzene rings is 6. The molecular formula is C42H32N2. The molecule has 210 valence electrons. The van der Waals surface area contributed by atoms with Gasteiger partial charge in [-0.2, -0.15) is 0 Å². The first kappa shape index (κ1) is 26.3. The number of pyridine rings is 2. The van der Waals surface area contributed by atoms with Crippen LogP contribution in [0, 0.1) is 27.7 Å². The Kier molecular flexibility index (Phi) is 6.06. The Morgan fingerprint density at radius 1 is 0.432 bits per heavy atom. The SMILES string of the molecule is Cc1cnc2c(ccc3c(C)c(C)c(-c4cccc(-c5cccc6c(-c7cccc8ccccc78)cccc56)c4)nc32)c1C. The zero-order chi connectivity index (χ0) is 29.9. The fourth-order valence-electron chi connectivity index (χ4n) is 6.85. The Labute approximate surface area is 257 Å². The Hall–Kier alpha value is -5.34. The highest BCUT2D eigenvalue weighted by Gasteiger charge is 2.16. The van der Waals surface area contributed by atoms with Gasteiger partial charge in [-0.15, -0.1) is 0 Å². The van der Waals surface area contributed by atoms with Crippen LogP contribution in [0.1, 0.15) is 22.3 Å². The van der Waals surface area contributed by atoms with Crippen molar-refractivity contribution in [2.45, 2.75) is 27.7 Å². The van der Waals surface area contributed by atoms with Crippen LogP contribution < -0.4 is 0 Å². The van der Waals surface area contributed by atoms with Crippen molar-refractivity contribution in [3.63, 3.8) is 0 Å². The normalized spacial score (nSPS) is 11.6. The molecule has 44 heavy (non-hydrogen) atoms. The van der Waals surface area contributed by atoms with Gasteiger partial charge in [0.1, 0.15) is 0 Å². The van der Waals surface area contributed by atoms with E-state index in [1.165, 1.54) is 76.8 Å². The van der Waals surface area contributed by atoms with Gasteiger partial charge in [0.05, 0.1) is 16.7 Å². The standard InChI is InChI=1S/C42H32N2/c1-25-24-43-41-32(26(25)2)21-22-33-27(3)28(4)40(44-42(33)41)31-14-7-13-30(23-31)35-16-9-19-39-37(35)18-10-20-38(39)36-17-8-12-29-11-5-6-15-34(29)36/h5-24H,1-4H3. The lowest BCUT2D eigenvalue weighted by atomic mass is 9.90. The zero-order valence-corrected chi connectivity index (χ0v) is 25.4. The van der Waals surface area contributed by atoms with Gasteiger partial charge in [0.15, 0.2) is 0 Å². The molecular weight excluding hydrogens is 532 g/mol. The monoisotopic (exact) mass is 564 g/mol. The van der Waals surface area contributed by atoms with E-state index in [-0.39, 0.29) is 0 Å². The lowest BCUT2D eigenvalue weighted by Crippen LogP contribution is -1.98. The number of nitrogens with zero attached hydrogens (tertiary/aromatic N) is 2. The van der Waals surface area contributed by atoms with E-state index in [1.54, 1.807) is 0 Å². The second-order valence-electron chi connectivity index (χ2n) is 11.9. The summed E-state index contributed by atoms with van der Waals surface area (Å²) in [7, 11) is 0. The van der Waals surface area contributed by atoms with Crippen molar-refractivity contribution in [1.82, 2.24) is 9.97 Å². The molecule has 0 aliphatic carbocycles. The Morgan fingerprint density at radius 3 is 1.84 bits per heavy atom. The minimum Gasteiger partial charge on any atom is -0.254 e. The summed E-state index contributed by atoms with van der Waals surface area (Å²) in [4.78, 5) is 10.2. The van der Waals surface area contributed by atoms with Gasteiger partial charge in [-0.05, 0) is 99.8 Å². The van der Waals surface area contributed by atoms with Gasteiger partial charge >= 0.3 is 0 Å². The van der Waals surface area contributed by atoms with Crippen LogP contribution in [0.4, 0.5) is 0 Å². The second-order valence-corrected chi connectivity index (χ2v) is 11.9. The second kappa shape index (κ2) is 10.1. The van der Waals surface area contributed by atoms with Gasteiger partial charge in [-0.3, -0.25) is 4.98 Å². The molecule has 0 spiro atoms. The molecule has 0 saturated heterocycles. The maximum atomic E-state index is 5.32. The fourth-order valence-corrected chi connectivity index (χ4v) is 6.85. The molecule has 8 aromatic rings. The Morgan fingerprint density at radius 2 is 1.02 bits per heavy atom. The summed E-state index contributed by atoms with van der Waals surface area (Å²) in [6, 6.07) is 41.9. The van der Waals surface area contributed by atoms with E-state index in [1.807, 2.05) is 6.20 Å². The number of hydrogen-bond donors (Lipinski definition) is 0. The number of rotatable bonds is 3. The van der Waals surface area contributed by atoms with Crippen LogP contribution in [0.25, 0.3) is 76.9 Å². The fraction of sp³-hybridized carbons (Fsp3) is 0.0952. The van der Waals surface area contributed by atoms with E-state index in [0.717, 1.165) is 22.3 Å². The molecule has 2 nitrogen and oxygen atoms in total. The van der Waals surface area contributed by atoms with Gasteiger partial charge in [0.25, 0.3) is 0 Å². The van der Waals surface area contributed by atoms with Gasteiger partial charge in [-0.1, -0.05) is 109 Å². The van der Waals surface area contributed by atoms with Gasteiger partial charge in [0.2, 0.25) is 0 Å². The van der Waals surface area contributed by atoms with E-state index in [0.29, 0.717) is 0 Å². The molecule has 8 rings (SSSR count).